The Morgan fingerprint density at radius 2 is 1.53 bits per heavy atom. The predicted octanol–water partition coefficient (Wildman–Crippen LogP) is 4.47. The number of rotatable bonds is 4. The molecule has 2 fully saturated rings. The largest absolute Gasteiger partial charge is 0.0651 e. The van der Waals surface area contributed by atoms with Crippen molar-refractivity contribution in [3.8, 4) is 0 Å². The summed E-state index contributed by atoms with van der Waals surface area (Å²) in [6.07, 6.45) is 6.96. The van der Waals surface area contributed by atoms with E-state index >= 15 is 0 Å². The normalized spacial score (nSPS) is 34.7. The SMILES string of the molecule is CCc1ccc(CC2C3CC(CC)CC23)cc1. The molecule has 0 N–H and O–H groups in total. The molecule has 92 valence electrons. The predicted molar refractivity (Wildman–Crippen MR) is 73.0 cm³/mol. The summed E-state index contributed by atoms with van der Waals surface area (Å²) in [5, 5.41) is 0. The van der Waals surface area contributed by atoms with Crippen LogP contribution in [0.3, 0.4) is 0 Å². The lowest BCUT2D eigenvalue weighted by Crippen LogP contribution is -2.01. The van der Waals surface area contributed by atoms with Crippen molar-refractivity contribution < 1.29 is 0 Å². The van der Waals surface area contributed by atoms with Gasteiger partial charge in [-0.3, -0.25) is 0 Å². The van der Waals surface area contributed by atoms with Gasteiger partial charge in [0.25, 0.3) is 0 Å². The van der Waals surface area contributed by atoms with Crippen LogP contribution in [0.25, 0.3) is 0 Å². The molecule has 0 radical (unpaired) electrons. The Morgan fingerprint density at radius 1 is 0.941 bits per heavy atom. The number of aryl methyl sites for hydroxylation is 1. The van der Waals surface area contributed by atoms with Gasteiger partial charge in [0.05, 0.1) is 0 Å². The van der Waals surface area contributed by atoms with Crippen molar-refractivity contribution in [2.45, 2.75) is 46.0 Å². The minimum atomic E-state index is 1.03. The highest BCUT2D eigenvalue weighted by Crippen LogP contribution is 2.61. The lowest BCUT2D eigenvalue weighted by molar-refractivity contribution is 0.427. The third-order valence-corrected chi connectivity index (χ3v) is 5.20. The maximum Gasteiger partial charge on any atom is -0.0245 e. The first-order valence-corrected chi connectivity index (χ1v) is 7.39. The Hall–Kier alpha value is -0.780. The highest BCUT2D eigenvalue weighted by Gasteiger charge is 2.54. The molecule has 2 unspecified atom stereocenters. The molecular weight excluding hydrogens is 204 g/mol. The van der Waals surface area contributed by atoms with Crippen LogP contribution >= 0.6 is 0 Å². The van der Waals surface area contributed by atoms with E-state index in [9.17, 15) is 0 Å². The maximum atomic E-state index is 2.36. The van der Waals surface area contributed by atoms with Crippen molar-refractivity contribution in [2.24, 2.45) is 23.7 Å². The summed E-state index contributed by atoms with van der Waals surface area (Å²) in [5.41, 5.74) is 3.03. The maximum absolute atomic E-state index is 2.36. The van der Waals surface area contributed by atoms with Crippen LogP contribution < -0.4 is 0 Å². The Labute approximate surface area is 105 Å². The number of hydrogen-bond acceptors (Lipinski definition) is 0. The molecule has 0 aliphatic heterocycles. The van der Waals surface area contributed by atoms with Crippen LogP contribution in [0, 0.1) is 23.7 Å². The van der Waals surface area contributed by atoms with Crippen molar-refractivity contribution in [1.82, 2.24) is 0 Å². The number of hydrogen-bond donors (Lipinski definition) is 0. The van der Waals surface area contributed by atoms with E-state index in [1.54, 1.807) is 5.56 Å². The average molecular weight is 228 g/mol. The van der Waals surface area contributed by atoms with Crippen LogP contribution in [0.1, 0.15) is 44.2 Å². The van der Waals surface area contributed by atoms with Crippen LogP contribution in [-0.4, -0.2) is 0 Å². The second kappa shape index (κ2) is 4.48. The van der Waals surface area contributed by atoms with Crippen molar-refractivity contribution >= 4 is 0 Å². The lowest BCUT2D eigenvalue weighted by atomic mass is 9.94. The van der Waals surface area contributed by atoms with Crippen LogP contribution in [0.15, 0.2) is 24.3 Å². The Morgan fingerprint density at radius 3 is 2.06 bits per heavy atom. The van der Waals surface area contributed by atoms with Gasteiger partial charge in [-0.25, -0.2) is 0 Å². The number of benzene rings is 1. The molecule has 2 aliphatic carbocycles. The monoisotopic (exact) mass is 228 g/mol. The summed E-state index contributed by atoms with van der Waals surface area (Å²) >= 11 is 0. The first-order valence-electron chi connectivity index (χ1n) is 7.39. The fraction of sp³-hybridized carbons (Fsp3) is 0.647. The van der Waals surface area contributed by atoms with Gasteiger partial charge in [-0.1, -0.05) is 44.5 Å². The van der Waals surface area contributed by atoms with Gasteiger partial charge >= 0.3 is 0 Å². The topological polar surface area (TPSA) is 0 Å². The van der Waals surface area contributed by atoms with E-state index in [1.807, 2.05) is 0 Å². The van der Waals surface area contributed by atoms with Crippen LogP contribution in [0.2, 0.25) is 0 Å². The van der Waals surface area contributed by atoms with E-state index in [4.69, 9.17) is 0 Å². The van der Waals surface area contributed by atoms with E-state index in [2.05, 4.69) is 38.1 Å². The summed E-state index contributed by atoms with van der Waals surface area (Å²) in [6, 6.07) is 9.32. The van der Waals surface area contributed by atoms with Gasteiger partial charge in [0.15, 0.2) is 0 Å². The minimum absolute atomic E-state index is 1.03. The first kappa shape index (κ1) is 11.3. The molecule has 2 saturated carbocycles. The highest BCUT2D eigenvalue weighted by molar-refractivity contribution is 5.24. The van der Waals surface area contributed by atoms with E-state index in [0.717, 1.165) is 30.1 Å². The van der Waals surface area contributed by atoms with Crippen molar-refractivity contribution in [1.29, 1.82) is 0 Å². The van der Waals surface area contributed by atoms with Gasteiger partial charge < -0.3 is 0 Å². The summed E-state index contributed by atoms with van der Waals surface area (Å²) in [6.45, 7) is 4.58. The Balaban J connectivity index is 1.56. The zero-order chi connectivity index (χ0) is 11.8. The van der Waals surface area contributed by atoms with E-state index < -0.39 is 0 Å². The van der Waals surface area contributed by atoms with Gasteiger partial charge in [-0.2, -0.15) is 0 Å². The van der Waals surface area contributed by atoms with Crippen molar-refractivity contribution in [2.75, 3.05) is 0 Å². The standard InChI is InChI=1S/C17H24/c1-3-12-5-7-14(8-6-12)11-17-15-9-13(4-2)10-16(15)17/h5-8,13,15-17H,3-4,9-11H2,1-2H3. The average Bonchev–Trinajstić information content (AvgIpc) is 2.84. The minimum Gasteiger partial charge on any atom is -0.0651 e. The molecular formula is C17H24. The summed E-state index contributed by atoms with van der Waals surface area (Å²) in [7, 11) is 0. The molecule has 17 heavy (non-hydrogen) atoms. The quantitative estimate of drug-likeness (QED) is 0.713. The van der Waals surface area contributed by atoms with Gasteiger partial charge in [0, 0.05) is 0 Å². The molecule has 0 bridgehead atoms. The molecule has 3 rings (SSSR count). The molecule has 1 aromatic rings. The van der Waals surface area contributed by atoms with Gasteiger partial charge in [-0.15, -0.1) is 0 Å². The second-order valence-electron chi connectivity index (χ2n) is 6.11. The summed E-state index contributed by atoms with van der Waals surface area (Å²) in [5.74, 6) is 4.27. The van der Waals surface area contributed by atoms with Crippen LogP contribution in [0.5, 0.6) is 0 Å². The lowest BCUT2D eigenvalue weighted by Gasteiger charge is -2.11. The Bertz CT molecular complexity index is 364. The van der Waals surface area contributed by atoms with Crippen molar-refractivity contribution in [3.05, 3.63) is 35.4 Å². The van der Waals surface area contributed by atoms with E-state index in [-0.39, 0.29) is 0 Å². The summed E-state index contributed by atoms with van der Waals surface area (Å²) < 4.78 is 0. The van der Waals surface area contributed by atoms with Crippen LogP contribution in [0.4, 0.5) is 0 Å². The molecule has 0 heteroatoms. The molecule has 0 heterocycles. The molecule has 1 aromatic carbocycles. The van der Waals surface area contributed by atoms with Gasteiger partial charge in [-0.05, 0) is 60.5 Å². The molecule has 2 atom stereocenters. The molecule has 0 aromatic heterocycles. The van der Waals surface area contributed by atoms with E-state index in [0.29, 0.717) is 0 Å². The summed E-state index contributed by atoms with van der Waals surface area (Å²) in [4.78, 5) is 0. The highest BCUT2D eigenvalue weighted by atomic mass is 14.6. The fourth-order valence-electron chi connectivity index (χ4n) is 3.91. The third-order valence-electron chi connectivity index (χ3n) is 5.20. The Kier molecular flexibility index (Phi) is 2.98. The van der Waals surface area contributed by atoms with Gasteiger partial charge in [0.1, 0.15) is 0 Å². The smallest absolute Gasteiger partial charge is 0.0245 e. The second-order valence-corrected chi connectivity index (χ2v) is 6.11. The molecule has 0 saturated heterocycles. The molecule has 0 spiro atoms. The fourth-order valence-corrected chi connectivity index (χ4v) is 3.91. The van der Waals surface area contributed by atoms with Gasteiger partial charge in [0.2, 0.25) is 0 Å². The molecule has 0 nitrogen and oxygen atoms in total. The third kappa shape index (κ3) is 2.14. The van der Waals surface area contributed by atoms with Crippen LogP contribution in [-0.2, 0) is 12.8 Å². The van der Waals surface area contributed by atoms with Crippen molar-refractivity contribution in [3.63, 3.8) is 0 Å². The first-order chi connectivity index (χ1) is 8.31. The zero-order valence-corrected chi connectivity index (χ0v) is 11.2. The zero-order valence-electron chi connectivity index (χ0n) is 11.2. The number of fused-ring (bicyclic) bond motifs is 1. The van der Waals surface area contributed by atoms with E-state index in [1.165, 1.54) is 31.2 Å². The molecule has 0 amide bonds. The molecule has 2 aliphatic rings.